The maximum atomic E-state index is 12.3. The minimum absolute atomic E-state index is 0.0872. The molecule has 2 atom stereocenters. The van der Waals surface area contributed by atoms with Crippen molar-refractivity contribution in [2.24, 2.45) is 0 Å². The summed E-state index contributed by atoms with van der Waals surface area (Å²) in [6.07, 6.45) is 48.0. The monoisotopic (exact) mass is 616 g/mol. The lowest BCUT2D eigenvalue weighted by molar-refractivity contribution is -0.123. The van der Waals surface area contributed by atoms with Crippen LogP contribution in [0.2, 0.25) is 0 Å². The van der Waals surface area contributed by atoms with Crippen molar-refractivity contribution in [1.82, 2.24) is 5.32 Å². The Bertz CT molecular complexity index is 711. The van der Waals surface area contributed by atoms with Gasteiger partial charge in [0.1, 0.15) is 0 Å². The standard InChI is InChI=1S/C40H73NO3/c1-3-5-7-9-11-13-14-15-16-17-18-19-20-21-22-23-24-25-26-28-30-32-34-36-40(44)41-38(37-42)39(43)35-33-31-29-27-12-10-8-6-4-2/h4,6,12,21-22,27,33,35,38-39,42-43H,3,5,7-11,13-20,23-26,28-32,34,36-37H2,1-2H3,(H,41,44)/b6-4+,22-21-,27-12+,35-33+. The van der Waals surface area contributed by atoms with Gasteiger partial charge in [0.25, 0.3) is 0 Å². The molecule has 2 unspecified atom stereocenters. The lowest BCUT2D eigenvalue weighted by Gasteiger charge is -2.19. The molecule has 256 valence electrons. The Labute approximate surface area is 274 Å². The smallest absolute Gasteiger partial charge is 0.220 e. The van der Waals surface area contributed by atoms with Gasteiger partial charge in [0.15, 0.2) is 0 Å². The number of hydrogen-bond donors (Lipinski definition) is 3. The van der Waals surface area contributed by atoms with E-state index < -0.39 is 12.1 Å². The van der Waals surface area contributed by atoms with Crippen LogP contribution in [0.5, 0.6) is 0 Å². The average Bonchev–Trinajstić information content (AvgIpc) is 3.03. The number of aliphatic hydroxyl groups excluding tert-OH is 2. The number of rotatable bonds is 33. The summed E-state index contributed by atoms with van der Waals surface area (Å²) in [5.41, 5.74) is 0. The second-order valence-corrected chi connectivity index (χ2v) is 12.6. The molecule has 44 heavy (non-hydrogen) atoms. The quantitative estimate of drug-likeness (QED) is 0.0508. The average molecular weight is 616 g/mol. The minimum Gasteiger partial charge on any atom is -0.394 e. The molecule has 1 amide bonds. The van der Waals surface area contributed by atoms with Crippen LogP contribution in [0, 0.1) is 0 Å². The summed E-state index contributed by atoms with van der Waals surface area (Å²) in [7, 11) is 0. The Morgan fingerprint density at radius 3 is 1.45 bits per heavy atom. The van der Waals surface area contributed by atoms with Crippen molar-refractivity contribution >= 4 is 5.91 Å². The van der Waals surface area contributed by atoms with Gasteiger partial charge in [-0.1, -0.05) is 158 Å². The highest BCUT2D eigenvalue weighted by atomic mass is 16.3. The first-order chi connectivity index (χ1) is 21.7. The lowest BCUT2D eigenvalue weighted by Crippen LogP contribution is -2.45. The largest absolute Gasteiger partial charge is 0.394 e. The zero-order chi connectivity index (χ0) is 32.2. The van der Waals surface area contributed by atoms with Gasteiger partial charge < -0.3 is 15.5 Å². The number of hydrogen-bond acceptors (Lipinski definition) is 3. The number of nitrogens with one attached hydrogen (secondary N) is 1. The molecule has 0 aromatic heterocycles. The van der Waals surface area contributed by atoms with Crippen LogP contribution in [0.3, 0.4) is 0 Å². The van der Waals surface area contributed by atoms with Crippen LogP contribution in [0.4, 0.5) is 0 Å². The Kier molecular flexibility index (Phi) is 34.5. The summed E-state index contributed by atoms with van der Waals surface area (Å²) in [5.74, 6) is -0.0872. The molecule has 4 nitrogen and oxygen atoms in total. The molecule has 0 rings (SSSR count). The Morgan fingerprint density at radius 2 is 0.977 bits per heavy atom. The van der Waals surface area contributed by atoms with Gasteiger partial charge in [0.05, 0.1) is 18.8 Å². The third kappa shape index (κ3) is 31.8. The molecule has 4 heteroatoms. The number of allylic oxidation sites excluding steroid dienone is 7. The highest BCUT2D eigenvalue weighted by Crippen LogP contribution is 2.14. The molecule has 0 aromatic rings. The minimum atomic E-state index is -0.869. The predicted molar refractivity (Wildman–Crippen MR) is 193 cm³/mol. The van der Waals surface area contributed by atoms with E-state index in [1.807, 2.05) is 13.0 Å². The summed E-state index contributed by atoms with van der Waals surface area (Å²) < 4.78 is 0. The fraction of sp³-hybridized carbons (Fsp3) is 0.775. The van der Waals surface area contributed by atoms with Crippen LogP contribution in [0.1, 0.15) is 181 Å². The SMILES string of the molecule is C/C=C/CC/C=C/CC/C=C/C(O)C(CO)NC(=O)CCCCCCCCC/C=C\CCCCCCCCCCCCCC. The predicted octanol–water partition coefficient (Wildman–Crippen LogP) is 11.2. The third-order valence-electron chi connectivity index (χ3n) is 8.36. The fourth-order valence-electron chi connectivity index (χ4n) is 5.45. The van der Waals surface area contributed by atoms with Crippen LogP contribution in [-0.2, 0) is 4.79 Å². The summed E-state index contributed by atoms with van der Waals surface area (Å²) in [6.45, 7) is 4.05. The molecule has 0 saturated carbocycles. The van der Waals surface area contributed by atoms with Crippen molar-refractivity contribution < 1.29 is 15.0 Å². The van der Waals surface area contributed by atoms with Crippen LogP contribution in [-0.4, -0.2) is 34.9 Å². The van der Waals surface area contributed by atoms with Crippen molar-refractivity contribution in [2.45, 2.75) is 193 Å². The number of amides is 1. The molecular weight excluding hydrogens is 542 g/mol. The van der Waals surface area contributed by atoms with E-state index in [0.717, 1.165) is 38.5 Å². The number of unbranched alkanes of at least 4 members (excludes halogenated alkanes) is 21. The van der Waals surface area contributed by atoms with Crippen molar-refractivity contribution in [3.8, 4) is 0 Å². The Balaban J connectivity index is 3.56. The van der Waals surface area contributed by atoms with E-state index in [1.165, 1.54) is 122 Å². The topological polar surface area (TPSA) is 69.6 Å². The van der Waals surface area contributed by atoms with E-state index >= 15 is 0 Å². The number of carbonyl (C=O) groups is 1. The summed E-state index contributed by atoms with van der Waals surface area (Å²) in [4.78, 5) is 12.3. The van der Waals surface area contributed by atoms with Gasteiger partial charge >= 0.3 is 0 Å². The van der Waals surface area contributed by atoms with E-state index in [0.29, 0.717) is 6.42 Å². The van der Waals surface area contributed by atoms with Gasteiger partial charge in [-0.25, -0.2) is 0 Å². The van der Waals surface area contributed by atoms with E-state index in [1.54, 1.807) is 6.08 Å². The zero-order valence-corrected chi connectivity index (χ0v) is 29.2. The normalized spacial score (nSPS) is 13.6. The van der Waals surface area contributed by atoms with E-state index in [2.05, 4.69) is 48.7 Å². The third-order valence-corrected chi connectivity index (χ3v) is 8.36. The van der Waals surface area contributed by atoms with Gasteiger partial charge in [-0.05, 0) is 64.7 Å². The van der Waals surface area contributed by atoms with Crippen LogP contribution in [0.15, 0.2) is 48.6 Å². The maximum absolute atomic E-state index is 12.3. The first-order valence-corrected chi connectivity index (χ1v) is 18.8. The van der Waals surface area contributed by atoms with Gasteiger partial charge in [-0.15, -0.1) is 0 Å². The molecule has 0 aliphatic heterocycles. The number of carbonyl (C=O) groups excluding carboxylic acids is 1. The highest BCUT2D eigenvalue weighted by Gasteiger charge is 2.17. The Morgan fingerprint density at radius 1 is 0.568 bits per heavy atom. The van der Waals surface area contributed by atoms with E-state index in [-0.39, 0.29) is 12.5 Å². The zero-order valence-electron chi connectivity index (χ0n) is 29.2. The lowest BCUT2D eigenvalue weighted by atomic mass is 10.0. The molecule has 0 radical (unpaired) electrons. The van der Waals surface area contributed by atoms with Gasteiger partial charge in [-0.2, -0.15) is 0 Å². The first kappa shape index (κ1) is 42.3. The molecule has 0 fully saturated rings. The van der Waals surface area contributed by atoms with Crippen LogP contribution in [0.25, 0.3) is 0 Å². The van der Waals surface area contributed by atoms with Crippen molar-refractivity contribution in [3.63, 3.8) is 0 Å². The molecule has 0 saturated heterocycles. The molecule has 0 aliphatic rings. The molecule has 0 spiro atoms. The molecule has 0 aromatic carbocycles. The van der Waals surface area contributed by atoms with Crippen molar-refractivity contribution in [3.05, 3.63) is 48.6 Å². The van der Waals surface area contributed by atoms with Crippen molar-refractivity contribution in [2.75, 3.05) is 6.61 Å². The highest BCUT2D eigenvalue weighted by molar-refractivity contribution is 5.76. The maximum Gasteiger partial charge on any atom is 0.220 e. The van der Waals surface area contributed by atoms with Gasteiger partial charge in [0, 0.05) is 6.42 Å². The molecular formula is C40H73NO3. The molecule has 0 bridgehead atoms. The van der Waals surface area contributed by atoms with Crippen LogP contribution < -0.4 is 5.32 Å². The van der Waals surface area contributed by atoms with Gasteiger partial charge in [0.2, 0.25) is 5.91 Å². The second-order valence-electron chi connectivity index (χ2n) is 12.6. The van der Waals surface area contributed by atoms with E-state index in [4.69, 9.17) is 0 Å². The Hall–Kier alpha value is -1.65. The van der Waals surface area contributed by atoms with Crippen molar-refractivity contribution in [1.29, 1.82) is 0 Å². The molecule has 0 aliphatic carbocycles. The first-order valence-electron chi connectivity index (χ1n) is 18.8. The fourth-order valence-corrected chi connectivity index (χ4v) is 5.45. The van der Waals surface area contributed by atoms with Crippen LogP contribution >= 0.6 is 0 Å². The summed E-state index contributed by atoms with van der Waals surface area (Å²) in [5, 5.41) is 22.7. The second kappa shape index (κ2) is 35.8. The van der Waals surface area contributed by atoms with Gasteiger partial charge in [-0.3, -0.25) is 4.79 Å². The number of aliphatic hydroxyl groups is 2. The summed E-state index contributed by atoms with van der Waals surface area (Å²) >= 11 is 0. The molecule has 0 heterocycles. The van der Waals surface area contributed by atoms with E-state index in [9.17, 15) is 15.0 Å². The molecule has 3 N–H and O–H groups in total. The summed E-state index contributed by atoms with van der Waals surface area (Å²) in [6, 6.07) is -0.645.